The summed E-state index contributed by atoms with van der Waals surface area (Å²) in [5.41, 5.74) is 1.99. The molecule has 0 bridgehead atoms. The number of nitrogens with one attached hydrogen (secondary N) is 1. The number of carbonyl (C=O) groups excluding carboxylic acids is 1. The summed E-state index contributed by atoms with van der Waals surface area (Å²) in [7, 11) is 0. The van der Waals surface area contributed by atoms with Gasteiger partial charge in [-0.25, -0.2) is 0 Å². The van der Waals surface area contributed by atoms with Gasteiger partial charge in [0.25, 0.3) is 0 Å². The van der Waals surface area contributed by atoms with Crippen LogP contribution >= 0.6 is 11.6 Å². The highest BCUT2D eigenvalue weighted by Crippen LogP contribution is 2.30. The molecule has 1 fully saturated rings. The summed E-state index contributed by atoms with van der Waals surface area (Å²) in [6.45, 7) is 4.15. The van der Waals surface area contributed by atoms with Crippen LogP contribution in [0.3, 0.4) is 0 Å². The first-order valence-corrected chi connectivity index (χ1v) is 9.18. The number of nitrogens with zero attached hydrogens (tertiary/aromatic N) is 2. The number of hydrogen-bond acceptors (Lipinski definition) is 4. The molecule has 1 aliphatic heterocycles. The molecule has 0 unspecified atom stereocenters. The lowest BCUT2D eigenvalue weighted by molar-refractivity contribution is -0.121. The van der Waals surface area contributed by atoms with Gasteiger partial charge in [0.1, 0.15) is 11.5 Å². The van der Waals surface area contributed by atoms with Crippen molar-refractivity contribution in [3.8, 4) is 0 Å². The molecule has 1 N–H and O–H groups in total. The SMILES string of the molecule is Cc1cc([C@H]2CCCCN2CCC(=O)NCc2cccc(Cl)c2)no1. The van der Waals surface area contributed by atoms with Crippen LogP contribution in [-0.2, 0) is 11.3 Å². The number of halogens is 1. The Bertz CT molecular complexity index is 716. The molecule has 2 heterocycles. The quantitative estimate of drug-likeness (QED) is 0.848. The molecule has 0 radical (unpaired) electrons. The molecule has 0 aliphatic carbocycles. The summed E-state index contributed by atoms with van der Waals surface area (Å²) in [6.07, 6.45) is 3.90. The Balaban J connectivity index is 1.49. The number of amides is 1. The van der Waals surface area contributed by atoms with Gasteiger partial charge in [0, 0.05) is 30.6 Å². The normalized spacial score (nSPS) is 18.2. The Labute approximate surface area is 153 Å². The molecule has 0 spiro atoms. The fraction of sp³-hybridized carbons (Fsp3) is 0.474. The van der Waals surface area contributed by atoms with E-state index in [-0.39, 0.29) is 11.9 Å². The average Bonchev–Trinajstić information content (AvgIpc) is 3.05. The van der Waals surface area contributed by atoms with E-state index < -0.39 is 0 Å². The van der Waals surface area contributed by atoms with E-state index in [4.69, 9.17) is 16.1 Å². The maximum Gasteiger partial charge on any atom is 0.221 e. The van der Waals surface area contributed by atoms with Crippen molar-refractivity contribution in [2.24, 2.45) is 0 Å². The molecule has 3 rings (SSSR count). The predicted octanol–water partition coefficient (Wildman–Crippen LogP) is 3.87. The Morgan fingerprint density at radius 3 is 3.04 bits per heavy atom. The maximum atomic E-state index is 12.2. The Hall–Kier alpha value is -1.85. The van der Waals surface area contributed by atoms with Crippen molar-refractivity contribution in [2.75, 3.05) is 13.1 Å². The van der Waals surface area contributed by atoms with Crippen molar-refractivity contribution in [3.05, 3.63) is 52.4 Å². The third kappa shape index (κ3) is 5.06. The van der Waals surface area contributed by atoms with E-state index in [1.165, 1.54) is 6.42 Å². The summed E-state index contributed by atoms with van der Waals surface area (Å²) < 4.78 is 5.22. The molecule has 25 heavy (non-hydrogen) atoms. The van der Waals surface area contributed by atoms with Crippen molar-refractivity contribution in [2.45, 2.75) is 45.2 Å². The van der Waals surface area contributed by atoms with Crippen LogP contribution in [0.5, 0.6) is 0 Å². The fourth-order valence-electron chi connectivity index (χ4n) is 3.32. The van der Waals surface area contributed by atoms with Gasteiger partial charge in [-0.1, -0.05) is 35.3 Å². The largest absolute Gasteiger partial charge is 0.361 e. The smallest absolute Gasteiger partial charge is 0.221 e. The second-order valence-corrected chi connectivity index (χ2v) is 7.00. The van der Waals surface area contributed by atoms with E-state index in [9.17, 15) is 4.79 Å². The second-order valence-electron chi connectivity index (χ2n) is 6.57. The molecular formula is C19H24ClN3O2. The molecule has 1 saturated heterocycles. The van der Waals surface area contributed by atoms with Crippen LogP contribution in [0, 0.1) is 6.92 Å². The minimum absolute atomic E-state index is 0.0561. The van der Waals surface area contributed by atoms with Gasteiger partial charge in [-0.15, -0.1) is 0 Å². The lowest BCUT2D eigenvalue weighted by atomic mass is 9.99. The van der Waals surface area contributed by atoms with Crippen molar-refractivity contribution >= 4 is 17.5 Å². The summed E-state index contributed by atoms with van der Waals surface area (Å²) in [6, 6.07) is 9.81. The minimum atomic E-state index is 0.0561. The van der Waals surface area contributed by atoms with E-state index >= 15 is 0 Å². The van der Waals surface area contributed by atoms with Gasteiger partial charge in [-0.05, 0) is 44.0 Å². The summed E-state index contributed by atoms with van der Waals surface area (Å²) in [5, 5.41) is 7.82. The number of piperidine rings is 1. The lowest BCUT2D eigenvalue weighted by Gasteiger charge is -2.34. The molecule has 2 aromatic rings. The van der Waals surface area contributed by atoms with Gasteiger partial charge in [-0.2, -0.15) is 0 Å². The van der Waals surface area contributed by atoms with Crippen molar-refractivity contribution in [3.63, 3.8) is 0 Å². The number of benzene rings is 1. The van der Waals surface area contributed by atoms with E-state index in [0.717, 1.165) is 42.9 Å². The van der Waals surface area contributed by atoms with E-state index in [2.05, 4.69) is 15.4 Å². The van der Waals surface area contributed by atoms with Gasteiger partial charge >= 0.3 is 0 Å². The number of hydrogen-bond donors (Lipinski definition) is 1. The van der Waals surface area contributed by atoms with E-state index in [1.807, 2.05) is 37.3 Å². The average molecular weight is 362 g/mol. The van der Waals surface area contributed by atoms with Crippen LogP contribution in [0.2, 0.25) is 5.02 Å². The van der Waals surface area contributed by atoms with Gasteiger partial charge < -0.3 is 9.84 Å². The standard InChI is InChI=1S/C19H24ClN3O2/c1-14-11-17(22-25-14)18-7-2-3-9-23(18)10-8-19(24)21-13-15-5-4-6-16(20)12-15/h4-6,11-12,18H,2-3,7-10,13H2,1H3,(H,21,24)/t18-/m1/s1. The van der Waals surface area contributed by atoms with Crippen molar-refractivity contribution < 1.29 is 9.32 Å². The lowest BCUT2D eigenvalue weighted by Crippen LogP contribution is -2.36. The van der Waals surface area contributed by atoms with Crippen LogP contribution in [-0.4, -0.2) is 29.1 Å². The van der Waals surface area contributed by atoms with Crippen LogP contribution in [0.25, 0.3) is 0 Å². The Kier molecular flexibility index (Phi) is 6.10. The highest BCUT2D eigenvalue weighted by Gasteiger charge is 2.26. The minimum Gasteiger partial charge on any atom is -0.361 e. The molecule has 5 nitrogen and oxygen atoms in total. The Morgan fingerprint density at radius 1 is 1.40 bits per heavy atom. The van der Waals surface area contributed by atoms with Gasteiger partial charge in [0.15, 0.2) is 0 Å². The predicted molar refractivity (Wildman–Crippen MR) is 97.3 cm³/mol. The fourth-order valence-corrected chi connectivity index (χ4v) is 3.53. The monoisotopic (exact) mass is 361 g/mol. The molecule has 1 aromatic heterocycles. The van der Waals surface area contributed by atoms with Crippen molar-refractivity contribution in [1.29, 1.82) is 0 Å². The topological polar surface area (TPSA) is 58.4 Å². The molecular weight excluding hydrogens is 338 g/mol. The summed E-state index contributed by atoms with van der Waals surface area (Å²) in [4.78, 5) is 14.5. The number of carbonyl (C=O) groups is 1. The summed E-state index contributed by atoms with van der Waals surface area (Å²) in [5.74, 6) is 0.889. The highest BCUT2D eigenvalue weighted by molar-refractivity contribution is 6.30. The zero-order valence-electron chi connectivity index (χ0n) is 14.5. The van der Waals surface area contributed by atoms with Crippen molar-refractivity contribution in [1.82, 2.24) is 15.4 Å². The number of aromatic nitrogens is 1. The van der Waals surface area contributed by atoms with Crippen LogP contribution in [0.4, 0.5) is 0 Å². The van der Waals surface area contributed by atoms with Gasteiger partial charge in [-0.3, -0.25) is 9.69 Å². The third-order valence-corrected chi connectivity index (χ3v) is 4.84. The first kappa shape index (κ1) is 18.0. The van der Waals surface area contributed by atoms with Crippen LogP contribution < -0.4 is 5.32 Å². The number of rotatable bonds is 6. The number of aryl methyl sites for hydroxylation is 1. The van der Waals surface area contributed by atoms with Crippen LogP contribution in [0.15, 0.2) is 34.9 Å². The van der Waals surface area contributed by atoms with Gasteiger partial charge in [0.05, 0.1) is 6.04 Å². The highest BCUT2D eigenvalue weighted by atomic mass is 35.5. The van der Waals surface area contributed by atoms with Gasteiger partial charge in [0.2, 0.25) is 5.91 Å². The second kappa shape index (κ2) is 8.50. The molecule has 1 aromatic carbocycles. The molecule has 134 valence electrons. The van der Waals surface area contributed by atoms with E-state index in [0.29, 0.717) is 18.0 Å². The number of likely N-dealkylation sites (tertiary alicyclic amines) is 1. The van der Waals surface area contributed by atoms with Crippen LogP contribution in [0.1, 0.15) is 48.7 Å². The molecule has 6 heteroatoms. The first-order valence-electron chi connectivity index (χ1n) is 8.80. The zero-order valence-corrected chi connectivity index (χ0v) is 15.3. The molecule has 1 aliphatic rings. The first-order chi connectivity index (χ1) is 12.1. The summed E-state index contributed by atoms with van der Waals surface area (Å²) >= 11 is 5.97. The molecule has 1 atom stereocenters. The molecule has 0 saturated carbocycles. The maximum absolute atomic E-state index is 12.2. The Morgan fingerprint density at radius 2 is 2.28 bits per heavy atom. The molecule has 1 amide bonds. The zero-order chi connectivity index (χ0) is 17.6. The third-order valence-electron chi connectivity index (χ3n) is 4.61. The van der Waals surface area contributed by atoms with E-state index in [1.54, 1.807) is 0 Å².